The zero-order valence-corrected chi connectivity index (χ0v) is 20.1. The average molecular weight is 522 g/mol. The van der Waals surface area contributed by atoms with Crippen molar-refractivity contribution in [2.75, 3.05) is 13.2 Å². The smallest absolute Gasteiger partial charge is 0.429 e. The third-order valence-corrected chi connectivity index (χ3v) is 7.45. The molecule has 9 heteroatoms. The van der Waals surface area contributed by atoms with E-state index in [-0.39, 0.29) is 11.0 Å². The second-order valence-corrected chi connectivity index (χ2v) is 9.71. The fourth-order valence-electron chi connectivity index (χ4n) is 4.85. The Morgan fingerprint density at radius 3 is 1.86 bits per heavy atom. The van der Waals surface area contributed by atoms with Crippen LogP contribution in [0.25, 0.3) is 11.1 Å². The van der Waals surface area contributed by atoms with Crippen LogP contribution in [0, 0.1) is 35.6 Å². The van der Waals surface area contributed by atoms with E-state index in [0.29, 0.717) is 37.3 Å². The Balaban J connectivity index is 1.39. The second kappa shape index (κ2) is 9.06. The Labute approximate surface area is 210 Å². The Kier molecular flexibility index (Phi) is 6.27. The van der Waals surface area contributed by atoms with Gasteiger partial charge in [0, 0.05) is 35.1 Å². The van der Waals surface area contributed by atoms with E-state index < -0.39 is 52.0 Å². The molecule has 3 aromatic rings. The van der Waals surface area contributed by atoms with Crippen LogP contribution >= 0.6 is 0 Å². The molecular weight excluding hydrogens is 498 g/mol. The van der Waals surface area contributed by atoms with Crippen LogP contribution in [0.15, 0.2) is 48.5 Å². The zero-order chi connectivity index (χ0) is 26.6. The maximum absolute atomic E-state index is 14.8. The molecule has 3 saturated heterocycles. The molecule has 6 rings (SSSR count). The first-order chi connectivity index (χ1) is 17.5. The number of hydrogen-bond acceptors (Lipinski definition) is 3. The molecule has 2 bridgehead atoms. The molecule has 0 aliphatic carbocycles. The summed E-state index contributed by atoms with van der Waals surface area (Å²) >= 11 is 0. The molecule has 3 aromatic carbocycles. The first kappa shape index (κ1) is 25.6. The largest absolute Gasteiger partial charge is 0.432 e. The monoisotopic (exact) mass is 522 g/mol. The van der Waals surface area contributed by atoms with E-state index in [9.17, 15) is 26.3 Å². The summed E-state index contributed by atoms with van der Waals surface area (Å²) in [5.74, 6) is -7.19. The first-order valence-corrected chi connectivity index (χ1v) is 11.9. The molecule has 3 fully saturated rings. The van der Waals surface area contributed by atoms with Gasteiger partial charge in [-0.3, -0.25) is 0 Å². The van der Waals surface area contributed by atoms with E-state index >= 15 is 0 Å². The van der Waals surface area contributed by atoms with E-state index in [2.05, 4.69) is 11.7 Å². The van der Waals surface area contributed by atoms with Crippen LogP contribution in [-0.4, -0.2) is 13.2 Å². The average Bonchev–Trinajstić information content (AvgIpc) is 2.87. The minimum Gasteiger partial charge on any atom is -0.429 e. The van der Waals surface area contributed by atoms with Gasteiger partial charge in [-0.2, -0.15) is 8.78 Å². The van der Waals surface area contributed by atoms with Crippen LogP contribution in [0.1, 0.15) is 42.9 Å². The van der Waals surface area contributed by atoms with Crippen LogP contribution < -0.4 is 4.74 Å². The van der Waals surface area contributed by atoms with Gasteiger partial charge in [0.25, 0.3) is 0 Å². The quantitative estimate of drug-likeness (QED) is 0.310. The van der Waals surface area contributed by atoms with Crippen molar-refractivity contribution < 1.29 is 40.6 Å². The molecule has 196 valence electrons. The van der Waals surface area contributed by atoms with Crippen LogP contribution in [-0.2, 0) is 21.4 Å². The molecule has 3 aliphatic rings. The van der Waals surface area contributed by atoms with E-state index in [1.54, 1.807) is 24.3 Å². The van der Waals surface area contributed by atoms with Crippen LogP contribution in [0.3, 0.4) is 0 Å². The molecule has 0 amide bonds. The highest BCUT2D eigenvalue weighted by Gasteiger charge is 2.51. The van der Waals surface area contributed by atoms with Crippen molar-refractivity contribution in [1.29, 1.82) is 0 Å². The Morgan fingerprint density at radius 2 is 1.38 bits per heavy atom. The summed E-state index contributed by atoms with van der Waals surface area (Å²) in [6.45, 7) is 4.38. The zero-order valence-electron chi connectivity index (χ0n) is 20.1. The summed E-state index contributed by atoms with van der Waals surface area (Å²) in [6, 6.07) is 9.20. The normalized spacial score (nSPS) is 23.4. The van der Waals surface area contributed by atoms with Gasteiger partial charge in [-0.1, -0.05) is 31.2 Å². The lowest BCUT2D eigenvalue weighted by Crippen LogP contribution is -2.53. The second-order valence-electron chi connectivity index (χ2n) is 9.71. The number of alkyl halides is 2. The number of fused-ring (bicyclic) bond motifs is 3. The van der Waals surface area contributed by atoms with Gasteiger partial charge in [-0.15, -0.1) is 0 Å². The van der Waals surface area contributed by atoms with Gasteiger partial charge in [0.2, 0.25) is 0 Å². The van der Waals surface area contributed by atoms with Crippen molar-refractivity contribution in [1.82, 2.24) is 0 Å². The number of rotatable bonds is 6. The van der Waals surface area contributed by atoms with Gasteiger partial charge in [0.15, 0.2) is 5.79 Å². The highest BCUT2D eigenvalue weighted by Crippen LogP contribution is 2.50. The van der Waals surface area contributed by atoms with E-state index in [4.69, 9.17) is 9.47 Å². The van der Waals surface area contributed by atoms with Crippen LogP contribution in [0.4, 0.5) is 26.3 Å². The number of ether oxygens (including phenoxy) is 3. The molecule has 0 unspecified atom stereocenters. The van der Waals surface area contributed by atoms with Crippen molar-refractivity contribution >= 4 is 0 Å². The Bertz CT molecular complexity index is 1270. The molecule has 0 aromatic heterocycles. The third-order valence-electron chi connectivity index (χ3n) is 7.45. The number of hydrogen-bond donors (Lipinski definition) is 0. The summed E-state index contributed by atoms with van der Waals surface area (Å²) in [5, 5.41) is 0. The molecule has 0 radical (unpaired) electrons. The highest BCUT2D eigenvalue weighted by molar-refractivity contribution is 5.65. The van der Waals surface area contributed by atoms with E-state index in [1.165, 1.54) is 0 Å². The molecule has 0 N–H and O–H groups in total. The summed E-state index contributed by atoms with van der Waals surface area (Å²) < 4.78 is 103. The lowest BCUT2D eigenvalue weighted by Gasteiger charge is -2.52. The highest BCUT2D eigenvalue weighted by atomic mass is 19.3. The third kappa shape index (κ3) is 4.48. The van der Waals surface area contributed by atoms with Gasteiger partial charge in [0.05, 0.1) is 13.2 Å². The van der Waals surface area contributed by atoms with Crippen molar-refractivity contribution in [2.24, 2.45) is 5.41 Å². The Morgan fingerprint density at radius 1 is 0.811 bits per heavy atom. The molecule has 0 spiro atoms. The topological polar surface area (TPSA) is 27.7 Å². The predicted molar refractivity (Wildman–Crippen MR) is 123 cm³/mol. The lowest BCUT2D eigenvalue weighted by atomic mass is 9.75. The van der Waals surface area contributed by atoms with Gasteiger partial charge >= 0.3 is 6.11 Å². The molecule has 37 heavy (non-hydrogen) atoms. The van der Waals surface area contributed by atoms with Crippen molar-refractivity contribution in [2.45, 2.75) is 45.0 Å². The SMILES string of the molecule is CCC12CCC(c3ccc(-c4cc(F)c(C(F)(F)Oc5cc(F)c(C)c(F)c5)c(F)c4)cc3)(OC1)OC2. The van der Waals surface area contributed by atoms with Gasteiger partial charge in [0.1, 0.15) is 34.6 Å². The first-order valence-electron chi connectivity index (χ1n) is 11.9. The summed E-state index contributed by atoms with van der Waals surface area (Å²) in [4.78, 5) is 0. The van der Waals surface area contributed by atoms with Crippen molar-refractivity contribution in [3.05, 3.63) is 88.5 Å². The minimum absolute atomic E-state index is 0.0187. The summed E-state index contributed by atoms with van der Waals surface area (Å²) in [7, 11) is 0. The van der Waals surface area contributed by atoms with E-state index in [1.807, 2.05) is 0 Å². The Hall–Kier alpha value is -3.04. The fraction of sp³-hybridized carbons (Fsp3) is 0.357. The number of halogens is 6. The maximum Gasteiger partial charge on any atom is 0.432 e. The van der Waals surface area contributed by atoms with Crippen LogP contribution in [0.5, 0.6) is 5.75 Å². The van der Waals surface area contributed by atoms with Gasteiger partial charge < -0.3 is 14.2 Å². The summed E-state index contributed by atoms with van der Waals surface area (Å²) in [5.41, 5.74) is -0.876. The van der Waals surface area contributed by atoms with Crippen molar-refractivity contribution in [3.8, 4) is 16.9 Å². The molecule has 3 nitrogen and oxygen atoms in total. The predicted octanol–water partition coefficient (Wildman–Crippen LogP) is 7.74. The number of benzene rings is 3. The maximum atomic E-state index is 14.8. The molecule has 0 atom stereocenters. The minimum atomic E-state index is -4.53. The van der Waals surface area contributed by atoms with E-state index in [0.717, 1.165) is 37.5 Å². The standard InChI is InChI=1S/C28H24F6O3/c1-3-26-8-9-27(35-14-26,36-15-26)19-6-4-17(5-7-19)18-10-23(31)25(24(32)11-18)28(33,34)37-20-12-21(29)16(2)22(30)13-20/h4-7,10-13H,3,8-9,14-15H2,1-2H3. The van der Waals surface area contributed by atoms with Crippen LogP contribution in [0.2, 0.25) is 0 Å². The molecule has 0 saturated carbocycles. The van der Waals surface area contributed by atoms with Gasteiger partial charge in [-0.25, -0.2) is 17.6 Å². The summed E-state index contributed by atoms with van der Waals surface area (Å²) in [6.07, 6.45) is -1.93. The molecule has 3 heterocycles. The molecular formula is C28H24F6O3. The molecule has 3 aliphatic heterocycles. The van der Waals surface area contributed by atoms with Crippen molar-refractivity contribution in [3.63, 3.8) is 0 Å². The van der Waals surface area contributed by atoms with Gasteiger partial charge in [-0.05, 0) is 43.0 Å². The lowest BCUT2D eigenvalue weighted by molar-refractivity contribution is -0.350. The fourth-order valence-corrected chi connectivity index (χ4v) is 4.85.